The van der Waals surface area contributed by atoms with Crippen LogP contribution in [0.5, 0.6) is 0 Å². The zero-order valence-electron chi connectivity index (χ0n) is 14.1. The minimum absolute atomic E-state index is 0.0376. The molecule has 0 bridgehead atoms. The summed E-state index contributed by atoms with van der Waals surface area (Å²) < 4.78 is 0. The lowest BCUT2D eigenvalue weighted by atomic mass is 10.0. The summed E-state index contributed by atoms with van der Waals surface area (Å²) in [5, 5.41) is 5.34. The van der Waals surface area contributed by atoms with E-state index in [0.29, 0.717) is 6.04 Å². The van der Waals surface area contributed by atoms with Gasteiger partial charge in [-0.2, -0.15) is 0 Å². The number of piperidine rings is 1. The van der Waals surface area contributed by atoms with E-state index in [1.165, 1.54) is 12.0 Å². The molecule has 1 unspecified atom stereocenters. The van der Waals surface area contributed by atoms with Gasteiger partial charge >= 0.3 is 0 Å². The van der Waals surface area contributed by atoms with E-state index in [1.807, 2.05) is 36.7 Å². The molecule has 2 N–H and O–H groups in total. The number of benzene rings is 1. The Morgan fingerprint density at radius 2 is 2.24 bits per heavy atom. The highest BCUT2D eigenvalue weighted by Crippen LogP contribution is 2.20. The molecule has 0 spiro atoms. The van der Waals surface area contributed by atoms with Gasteiger partial charge in [0.05, 0.1) is 0 Å². The van der Waals surface area contributed by atoms with Crippen LogP contribution in [0.2, 0.25) is 0 Å². The van der Waals surface area contributed by atoms with Gasteiger partial charge in [0.1, 0.15) is 0 Å². The first-order chi connectivity index (χ1) is 12.3. The number of aromatic amines is 1. The van der Waals surface area contributed by atoms with Crippen molar-refractivity contribution in [2.45, 2.75) is 25.4 Å². The number of fused-ring (bicyclic) bond motifs is 1. The maximum Gasteiger partial charge on any atom is 0.255 e. The summed E-state index contributed by atoms with van der Waals surface area (Å²) in [7, 11) is 0. The molecule has 2 aromatic heterocycles. The van der Waals surface area contributed by atoms with Crippen molar-refractivity contribution in [2.24, 2.45) is 0 Å². The zero-order chi connectivity index (χ0) is 17.1. The van der Waals surface area contributed by atoms with Gasteiger partial charge in [-0.1, -0.05) is 6.07 Å². The van der Waals surface area contributed by atoms with Crippen molar-refractivity contribution in [3.63, 3.8) is 0 Å². The molecule has 0 saturated carbocycles. The molecule has 1 aliphatic heterocycles. The van der Waals surface area contributed by atoms with Crippen LogP contribution >= 0.6 is 0 Å². The lowest BCUT2D eigenvalue weighted by Gasteiger charge is -2.33. The maximum absolute atomic E-state index is 11.8. The molecule has 3 heterocycles. The maximum atomic E-state index is 11.8. The predicted molar refractivity (Wildman–Crippen MR) is 101 cm³/mol. The topological polar surface area (TPSA) is 61.0 Å². The molecule has 5 nitrogen and oxygen atoms in total. The molecule has 1 saturated heterocycles. The van der Waals surface area contributed by atoms with Gasteiger partial charge in [0.2, 0.25) is 0 Å². The van der Waals surface area contributed by atoms with Crippen molar-refractivity contribution in [1.82, 2.24) is 14.9 Å². The minimum atomic E-state index is -0.0376. The number of rotatable bonds is 4. The van der Waals surface area contributed by atoms with Crippen molar-refractivity contribution in [3.05, 3.63) is 70.9 Å². The molecule has 1 atom stereocenters. The monoisotopic (exact) mass is 334 g/mol. The molecule has 4 rings (SSSR count). The highest BCUT2D eigenvalue weighted by atomic mass is 16.1. The molecule has 128 valence electrons. The van der Waals surface area contributed by atoms with Crippen LogP contribution in [0.4, 0.5) is 5.69 Å². The lowest BCUT2D eigenvalue weighted by Crippen LogP contribution is -2.41. The number of pyridine rings is 2. The highest BCUT2D eigenvalue weighted by Gasteiger charge is 2.20. The van der Waals surface area contributed by atoms with Crippen molar-refractivity contribution in [2.75, 3.05) is 18.4 Å². The van der Waals surface area contributed by atoms with E-state index >= 15 is 0 Å². The van der Waals surface area contributed by atoms with Crippen molar-refractivity contribution in [1.29, 1.82) is 0 Å². The van der Waals surface area contributed by atoms with Gasteiger partial charge in [0, 0.05) is 48.8 Å². The van der Waals surface area contributed by atoms with Crippen LogP contribution in [0.1, 0.15) is 18.4 Å². The third kappa shape index (κ3) is 3.72. The van der Waals surface area contributed by atoms with Gasteiger partial charge in [-0.25, -0.2) is 0 Å². The molecule has 0 radical (unpaired) electrons. The molecule has 0 amide bonds. The summed E-state index contributed by atoms with van der Waals surface area (Å²) in [6.07, 6.45) is 7.81. The largest absolute Gasteiger partial charge is 0.381 e. The van der Waals surface area contributed by atoms with E-state index in [0.717, 1.165) is 42.5 Å². The Morgan fingerprint density at radius 3 is 3.12 bits per heavy atom. The number of H-pyrrole nitrogens is 1. The quantitative estimate of drug-likeness (QED) is 0.770. The normalized spacial score (nSPS) is 18.3. The second kappa shape index (κ2) is 7.07. The van der Waals surface area contributed by atoms with Gasteiger partial charge in [0.25, 0.3) is 5.56 Å². The Labute approximate surface area is 146 Å². The Hall–Kier alpha value is -2.66. The number of hydrogen-bond donors (Lipinski definition) is 2. The summed E-state index contributed by atoms with van der Waals surface area (Å²) in [5.74, 6) is 0. The summed E-state index contributed by atoms with van der Waals surface area (Å²) >= 11 is 0. The van der Waals surface area contributed by atoms with E-state index in [1.54, 1.807) is 6.20 Å². The van der Waals surface area contributed by atoms with E-state index in [9.17, 15) is 4.79 Å². The zero-order valence-corrected chi connectivity index (χ0v) is 14.1. The fourth-order valence-electron chi connectivity index (χ4n) is 3.58. The molecular formula is C20H22N4O. The van der Waals surface area contributed by atoms with Gasteiger partial charge < -0.3 is 10.3 Å². The second-order valence-electron chi connectivity index (χ2n) is 6.69. The first-order valence-corrected chi connectivity index (χ1v) is 8.77. The molecule has 1 aromatic carbocycles. The SMILES string of the molecule is O=c1[nH]ccc2cc(NC3CCCN(Cc4cccnc4)C3)ccc12. The third-order valence-corrected chi connectivity index (χ3v) is 4.78. The number of likely N-dealkylation sites (tertiary alicyclic amines) is 1. The van der Waals surface area contributed by atoms with Crippen LogP contribution in [-0.4, -0.2) is 34.0 Å². The second-order valence-corrected chi connectivity index (χ2v) is 6.69. The Morgan fingerprint density at radius 1 is 1.28 bits per heavy atom. The number of aromatic nitrogens is 2. The first kappa shape index (κ1) is 15.8. The van der Waals surface area contributed by atoms with Crippen molar-refractivity contribution in [3.8, 4) is 0 Å². The molecule has 3 aromatic rings. The van der Waals surface area contributed by atoms with Gasteiger partial charge in [-0.05, 0) is 60.7 Å². The van der Waals surface area contributed by atoms with Crippen LogP contribution in [-0.2, 0) is 6.54 Å². The van der Waals surface area contributed by atoms with Crippen LogP contribution in [0.25, 0.3) is 10.8 Å². The van der Waals surface area contributed by atoms with Gasteiger partial charge in [-0.3, -0.25) is 14.7 Å². The Bertz CT molecular complexity index is 906. The summed E-state index contributed by atoms with van der Waals surface area (Å²) in [6.45, 7) is 3.08. The fourth-order valence-corrected chi connectivity index (χ4v) is 3.58. The van der Waals surface area contributed by atoms with Crippen LogP contribution < -0.4 is 10.9 Å². The number of anilines is 1. The summed E-state index contributed by atoms with van der Waals surface area (Å²) in [4.78, 5) is 21.2. The average Bonchev–Trinajstić information content (AvgIpc) is 2.63. The summed E-state index contributed by atoms with van der Waals surface area (Å²) in [6, 6.07) is 12.4. The molecule has 0 aliphatic carbocycles. The average molecular weight is 334 g/mol. The van der Waals surface area contributed by atoms with Crippen LogP contribution in [0.3, 0.4) is 0 Å². The Kier molecular flexibility index (Phi) is 4.48. The highest BCUT2D eigenvalue weighted by molar-refractivity contribution is 5.84. The Balaban J connectivity index is 1.44. The van der Waals surface area contributed by atoms with E-state index in [-0.39, 0.29) is 5.56 Å². The van der Waals surface area contributed by atoms with Gasteiger partial charge in [-0.15, -0.1) is 0 Å². The molecule has 1 aliphatic rings. The predicted octanol–water partition coefficient (Wildman–Crippen LogP) is 3.00. The molecular weight excluding hydrogens is 312 g/mol. The van der Waals surface area contributed by atoms with Crippen molar-refractivity contribution >= 4 is 16.5 Å². The van der Waals surface area contributed by atoms with Crippen LogP contribution in [0, 0.1) is 0 Å². The van der Waals surface area contributed by atoms with Crippen molar-refractivity contribution < 1.29 is 0 Å². The number of hydrogen-bond acceptors (Lipinski definition) is 4. The van der Waals surface area contributed by atoms with E-state index < -0.39 is 0 Å². The minimum Gasteiger partial charge on any atom is -0.381 e. The number of nitrogens with zero attached hydrogens (tertiary/aromatic N) is 2. The number of nitrogens with one attached hydrogen (secondary N) is 2. The molecule has 5 heteroatoms. The van der Waals surface area contributed by atoms with Crippen LogP contribution in [0.15, 0.2) is 59.8 Å². The smallest absolute Gasteiger partial charge is 0.255 e. The molecule has 25 heavy (non-hydrogen) atoms. The lowest BCUT2D eigenvalue weighted by molar-refractivity contribution is 0.208. The van der Waals surface area contributed by atoms with E-state index in [4.69, 9.17) is 0 Å². The van der Waals surface area contributed by atoms with Gasteiger partial charge in [0.15, 0.2) is 0 Å². The first-order valence-electron chi connectivity index (χ1n) is 8.77. The fraction of sp³-hybridized carbons (Fsp3) is 0.300. The third-order valence-electron chi connectivity index (χ3n) is 4.78. The molecule has 1 fully saturated rings. The summed E-state index contributed by atoms with van der Waals surface area (Å²) in [5.41, 5.74) is 2.30. The standard InChI is InChI=1S/C20H22N4O/c25-20-19-6-5-17(11-16(19)7-9-22-20)23-18-4-2-10-24(14-18)13-15-3-1-8-21-12-15/h1,3,5-9,11-12,18,23H,2,4,10,13-14H2,(H,22,25). The van der Waals surface area contributed by atoms with E-state index in [2.05, 4.69) is 32.3 Å².